The Balaban J connectivity index is 2.57. The highest BCUT2D eigenvalue weighted by molar-refractivity contribution is 9.10. The molecule has 2 aromatic rings. The molecule has 0 radical (unpaired) electrons. The molecule has 0 atom stereocenters. The van der Waals surface area contributed by atoms with E-state index in [1.165, 1.54) is 0 Å². The molecule has 0 spiro atoms. The number of rotatable bonds is 3. The summed E-state index contributed by atoms with van der Waals surface area (Å²) in [4.78, 5) is 4.34. The Labute approximate surface area is 120 Å². The van der Waals surface area contributed by atoms with Crippen molar-refractivity contribution in [1.29, 1.82) is 5.26 Å². The lowest BCUT2D eigenvalue weighted by Crippen LogP contribution is -1.95. The maximum Gasteiger partial charge on any atom is 0.173 e. The van der Waals surface area contributed by atoms with Crippen LogP contribution in [0.15, 0.2) is 22.8 Å². The number of benzene rings is 1. The van der Waals surface area contributed by atoms with E-state index in [0.717, 1.165) is 29.1 Å². The minimum atomic E-state index is 0.395. The van der Waals surface area contributed by atoms with E-state index < -0.39 is 0 Å². The Morgan fingerprint density at radius 2 is 2.21 bits per heavy atom. The van der Waals surface area contributed by atoms with Crippen LogP contribution in [0.1, 0.15) is 18.2 Å². The topological polar surface area (TPSA) is 50.8 Å². The summed E-state index contributed by atoms with van der Waals surface area (Å²) in [6, 6.07) is 8.01. The lowest BCUT2D eigenvalue weighted by molar-refractivity contribution is 0.410. The minimum Gasteiger partial charge on any atom is -0.496 e. The molecule has 0 saturated carbocycles. The van der Waals surface area contributed by atoms with Crippen LogP contribution in [0.25, 0.3) is 11.4 Å². The Morgan fingerprint density at radius 3 is 2.74 bits per heavy atom. The lowest BCUT2D eigenvalue weighted by atomic mass is 10.1. The zero-order valence-electron chi connectivity index (χ0n) is 11.1. The first-order chi connectivity index (χ1) is 9.12. The second kappa shape index (κ2) is 5.45. The first-order valence-electron chi connectivity index (χ1n) is 5.92. The van der Waals surface area contributed by atoms with Crippen LogP contribution in [-0.4, -0.2) is 16.7 Å². The molecule has 1 heterocycles. The number of nitriles is 1. The molecule has 0 N–H and O–H groups in total. The number of imidazole rings is 1. The highest BCUT2D eigenvalue weighted by atomic mass is 79.9. The maximum atomic E-state index is 9.01. The van der Waals surface area contributed by atoms with Gasteiger partial charge in [-0.3, -0.25) is 0 Å². The molecule has 1 aromatic carbocycles. The van der Waals surface area contributed by atoms with Gasteiger partial charge in [-0.05, 0) is 46.1 Å². The summed E-state index contributed by atoms with van der Waals surface area (Å²) in [6.45, 7) is 2.08. The molecule has 0 aliphatic heterocycles. The average molecular weight is 320 g/mol. The van der Waals surface area contributed by atoms with E-state index in [1.54, 1.807) is 7.11 Å². The summed E-state index contributed by atoms with van der Waals surface area (Å²) in [7, 11) is 3.54. The van der Waals surface area contributed by atoms with Crippen molar-refractivity contribution in [3.05, 3.63) is 34.1 Å². The molecular weight excluding hydrogens is 306 g/mol. The van der Waals surface area contributed by atoms with E-state index in [9.17, 15) is 0 Å². The van der Waals surface area contributed by atoms with Crippen LogP contribution in [0, 0.1) is 11.3 Å². The van der Waals surface area contributed by atoms with Gasteiger partial charge in [0.2, 0.25) is 0 Å². The van der Waals surface area contributed by atoms with Gasteiger partial charge in [-0.15, -0.1) is 0 Å². The van der Waals surface area contributed by atoms with Crippen LogP contribution in [0.2, 0.25) is 0 Å². The van der Waals surface area contributed by atoms with Gasteiger partial charge in [-0.1, -0.05) is 6.92 Å². The van der Waals surface area contributed by atoms with Crippen molar-refractivity contribution >= 4 is 15.9 Å². The molecule has 0 unspecified atom stereocenters. The van der Waals surface area contributed by atoms with Gasteiger partial charge in [0.25, 0.3) is 0 Å². The molecule has 4 nitrogen and oxygen atoms in total. The molecule has 98 valence electrons. The number of halogens is 1. The molecule has 2 rings (SSSR count). The Morgan fingerprint density at radius 1 is 1.47 bits per heavy atom. The van der Waals surface area contributed by atoms with E-state index in [-0.39, 0.29) is 0 Å². The number of methoxy groups -OCH3 is 1. The standard InChI is InChI=1S/C14H14BrN3O/c1-4-9-7-10(5-6-12(9)19-3)14-17-11(8-16)13(15)18(14)2/h5-7H,4H2,1-3H3. The maximum absolute atomic E-state index is 9.01. The highest BCUT2D eigenvalue weighted by Crippen LogP contribution is 2.29. The van der Waals surface area contributed by atoms with Gasteiger partial charge in [0.05, 0.1) is 7.11 Å². The quantitative estimate of drug-likeness (QED) is 0.872. The molecule has 0 fully saturated rings. The molecule has 0 aliphatic rings. The van der Waals surface area contributed by atoms with E-state index in [1.807, 2.05) is 23.7 Å². The highest BCUT2D eigenvalue weighted by Gasteiger charge is 2.14. The average Bonchev–Trinajstić information content (AvgIpc) is 2.74. The molecular formula is C14H14BrN3O. The fourth-order valence-corrected chi connectivity index (χ4v) is 2.35. The summed E-state index contributed by atoms with van der Waals surface area (Å²) < 4.78 is 7.87. The van der Waals surface area contributed by atoms with E-state index >= 15 is 0 Å². The van der Waals surface area contributed by atoms with Gasteiger partial charge < -0.3 is 9.30 Å². The van der Waals surface area contributed by atoms with Gasteiger partial charge >= 0.3 is 0 Å². The predicted octanol–water partition coefficient (Wildman–Crippen LogP) is 3.29. The van der Waals surface area contributed by atoms with Gasteiger partial charge in [-0.25, -0.2) is 4.98 Å². The largest absolute Gasteiger partial charge is 0.496 e. The Bertz CT molecular complexity index is 655. The number of hydrogen-bond donors (Lipinski definition) is 0. The molecule has 1 aromatic heterocycles. The molecule has 0 saturated heterocycles. The van der Waals surface area contributed by atoms with E-state index in [4.69, 9.17) is 10.00 Å². The fraction of sp³-hybridized carbons (Fsp3) is 0.286. The third-order valence-corrected chi connectivity index (χ3v) is 3.96. The van der Waals surface area contributed by atoms with Crippen LogP contribution in [0.5, 0.6) is 5.75 Å². The van der Waals surface area contributed by atoms with E-state index in [2.05, 4.69) is 40.0 Å². The first-order valence-corrected chi connectivity index (χ1v) is 6.71. The predicted molar refractivity (Wildman–Crippen MR) is 77.0 cm³/mol. The van der Waals surface area contributed by atoms with Crippen LogP contribution >= 0.6 is 15.9 Å². The van der Waals surface area contributed by atoms with Gasteiger partial charge in [0, 0.05) is 12.6 Å². The second-order valence-corrected chi connectivity index (χ2v) is 4.88. The normalized spacial score (nSPS) is 10.3. The van der Waals surface area contributed by atoms with Crippen molar-refractivity contribution in [2.45, 2.75) is 13.3 Å². The van der Waals surface area contributed by atoms with E-state index in [0.29, 0.717) is 10.3 Å². The second-order valence-electron chi connectivity index (χ2n) is 4.13. The summed E-state index contributed by atoms with van der Waals surface area (Å²) in [5.41, 5.74) is 2.49. The number of nitrogens with zero attached hydrogens (tertiary/aromatic N) is 3. The molecule has 0 amide bonds. The molecule has 5 heteroatoms. The number of aryl methyl sites for hydroxylation is 1. The minimum absolute atomic E-state index is 0.395. The van der Waals surface area contributed by atoms with Crippen LogP contribution < -0.4 is 4.74 Å². The summed E-state index contributed by atoms with van der Waals surface area (Å²) in [5, 5.41) is 9.01. The van der Waals surface area contributed by atoms with Gasteiger partial charge in [0.15, 0.2) is 5.69 Å². The van der Waals surface area contributed by atoms with Crippen LogP contribution in [-0.2, 0) is 13.5 Å². The summed E-state index contributed by atoms with van der Waals surface area (Å²) >= 11 is 3.38. The third kappa shape index (κ3) is 2.36. The fourth-order valence-electron chi connectivity index (χ4n) is 2.00. The molecule has 0 bridgehead atoms. The molecule has 19 heavy (non-hydrogen) atoms. The Kier molecular flexibility index (Phi) is 3.91. The zero-order valence-corrected chi connectivity index (χ0v) is 12.7. The molecule has 0 aliphatic carbocycles. The SMILES string of the molecule is CCc1cc(-c2nc(C#N)c(Br)n2C)ccc1OC. The van der Waals surface area contributed by atoms with Crippen molar-refractivity contribution < 1.29 is 4.74 Å². The lowest BCUT2D eigenvalue weighted by Gasteiger charge is -2.09. The van der Waals surface area contributed by atoms with Crippen molar-refractivity contribution in [2.75, 3.05) is 7.11 Å². The van der Waals surface area contributed by atoms with Crippen molar-refractivity contribution in [3.8, 4) is 23.2 Å². The number of aromatic nitrogens is 2. The Hall–Kier alpha value is -1.80. The monoisotopic (exact) mass is 319 g/mol. The van der Waals surface area contributed by atoms with Crippen molar-refractivity contribution in [2.24, 2.45) is 7.05 Å². The third-order valence-electron chi connectivity index (χ3n) is 3.05. The summed E-state index contributed by atoms with van der Waals surface area (Å²) in [6.07, 6.45) is 0.883. The van der Waals surface area contributed by atoms with Crippen molar-refractivity contribution in [1.82, 2.24) is 9.55 Å². The summed E-state index contributed by atoms with van der Waals surface area (Å²) in [5.74, 6) is 1.64. The zero-order chi connectivity index (χ0) is 14.0. The number of ether oxygens (including phenoxy) is 1. The van der Waals surface area contributed by atoms with Gasteiger partial charge in [0.1, 0.15) is 22.2 Å². The number of hydrogen-bond acceptors (Lipinski definition) is 3. The first kappa shape index (κ1) is 13.6. The van der Waals surface area contributed by atoms with Crippen LogP contribution in [0.3, 0.4) is 0 Å². The van der Waals surface area contributed by atoms with Gasteiger partial charge in [-0.2, -0.15) is 5.26 Å². The van der Waals surface area contributed by atoms with Crippen LogP contribution in [0.4, 0.5) is 0 Å². The van der Waals surface area contributed by atoms with Crippen molar-refractivity contribution in [3.63, 3.8) is 0 Å². The smallest absolute Gasteiger partial charge is 0.173 e.